The summed E-state index contributed by atoms with van der Waals surface area (Å²) in [6.45, 7) is 3.98. The van der Waals surface area contributed by atoms with Crippen molar-refractivity contribution in [1.82, 2.24) is 9.78 Å². The van der Waals surface area contributed by atoms with Gasteiger partial charge in [0.15, 0.2) is 0 Å². The Kier molecular flexibility index (Phi) is 4.45. The van der Waals surface area contributed by atoms with Crippen molar-refractivity contribution in [2.75, 3.05) is 5.32 Å². The summed E-state index contributed by atoms with van der Waals surface area (Å²) in [5.41, 5.74) is 3.88. The van der Waals surface area contributed by atoms with E-state index in [1.54, 1.807) is 12.1 Å². The van der Waals surface area contributed by atoms with Crippen molar-refractivity contribution in [3.63, 3.8) is 0 Å². The van der Waals surface area contributed by atoms with E-state index in [2.05, 4.69) is 10.4 Å². The Labute approximate surface area is 123 Å². The molecule has 0 aliphatic rings. The van der Waals surface area contributed by atoms with E-state index in [4.69, 9.17) is 11.6 Å². The maximum Gasteiger partial charge on any atom is 0.224 e. The first-order valence-corrected chi connectivity index (χ1v) is 6.90. The number of aryl methyl sites for hydroxylation is 2. The summed E-state index contributed by atoms with van der Waals surface area (Å²) in [6, 6.07) is 7.23. The molecule has 0 unspecified atom stereocenters. The zero-order chi connectivity index (χ0) is 14.7. The average molecular weight is 292 g/mol. The summed E-state index contributed by atoms with van der Waals surface area (Å²) in [6.07, 6.45) is 1.10. The van der Waals surface area contributed by atoms with Crippen LogP contribution in [0.4, 0.5) is 5.69 Å². The molecule has 0 saturated heterocycles. The van der Waals surface area contributed by atoms with Gasteiger partial charge in [0, 0.05) is 19.2 Å². The van der Waals surface area contributed by atoms with Gasteiger partial charge in [0.1, 0.15) is 0 Å². The fourth-order valence-electron chi connectivity index (χ4n) is 2.19. The molecule has 20 heavy (non-hydrogen) atoms. The smallest absolute Gasteiger partial charge is 0.224 e. The van der Waals surface area contributed by atoms with Crippen LogP contribution in [0.25, 0.3) is 0 Å². The van der Waals surface area contributed by atoms with Crippen LogP contribution in [0.15, 0.2) is 24.3 Å². The molecule has 2 aromatic rings. The van der Waals surface area contributed by atoms with Crippen molar-refractivity contribution in [3.8, 4) is 0 Å². The first-order chi connectivity index (χ1) is 9.49. The molecule has 4 nitrogen and oxygen atoms in total. The summed E-state index contributed by atoms with van der Waals surface area (Å²) in [4.78, 5) is 12.0. The normalized spacial score (nSPS) is 10.6. The third-order valence-corrected chi connectivity index (χ3v) is 3.74. The molecule has 1 aromatic heterocycles. The van der Waals surface area contributed by atoms with Crippen LogP contribution in [-0.4, -0.2) is 15.7 Å². The highest BCUT2D eigenvalue weighted by atomic mass is 35.5. The molecular weight excluding hydrogens is 274 g/mol. The lowest BCUT2D eigenvalue weighted by Crippen LogP contribution is -2.13. The average Bonchev–Trinajstić information content (AvgIpc) is 2.64. The summed E-state index contributed by atoms with van der Waals surface area (Å²) in [5.74, 6) is -0.0410. The van der Waals surface area contributed by atoms with Gasteiger partial charge in [-0.25, -0.2) is 0 Å². The molecule has 1 amide bonds. The van der Waals surface area contributed by atoms with Crippen LogP contribution in [0, 0.1) is 13.8 Å². The maximum atomic E-state index is 12.0. The van der Waals surface area contributed by atoms with E-state index in [0.29, 0.717) is 23.6 Å². The van der Waals surface area contributed by atoms with Gasteiger partial charge in [-0.3, -0.25) is 9.48 Å². The molecule has 0 aliphatic heterocycles. The van der Waals surface area contributed by atoms with Gasteiger partial charge >= 0.3 is 0 Å². The number of rotatable bonds is 4. The first kappa shape index (κ1) is 14.6. The minimum absolute atomic E-state index is 0.0410. The number of hydrogen-bond acceptors (Lipinski definition) is 2. The molecule has 5 heteroatoms. The van der Waals surface area contributed by atoms with E-state index in [0.717, 1.165) is 17.0 Å². The Balaban J connectivity index is 1.98. The van der Waals surface area contributed by atoms with E-state index in [-0.39, 0.29) is 5.91 Å². The lowest BCUT2D eigenvalue weighted by atomic mass is 10.1. The number of para-hydroxylation sites is 1. The molecule has 0 bridgehead atoms. The lowest BCUT2D eigenvalue weighted by Gasteiger charge is -2.07. The van der Waals surface area contributed by atoms with Crippen LogP contribution in [0.1, 0.15) is 23.4 Å². The molecule has 0 spiro atoms. The van der Waals surface area contributed by atoms with Gasteiger partial charge in [0.2, 0.25) is 5.91 Å². The molecular formula is C15H18ClN3O. The van der Waals surface area contributed by atoms with Crippen LogP contribution in [0.5, 0.6) is 0 Å². The van der Waals surface area contributed by atoms with Gasteiger partial charge < -0.3 is 5.32 Å². The molecule has 0 aliphatic carbocycles. The summed E-state index contributed by atoms with van der Waals surface area (Å²) >= 11 is 6.01. The Morgan fingerprint density at radius 1 is 1.35 bits per heavy atom. The molecule has 1 aromatic carbocycles. The molecule has 0 fully saturated rings. The summed E-state index contributed by atoms with van der Waals surface area (Å²) in [7, 11) is 1.91. The van der Waals surface area contributed by atoms with Crippen molar-refractivity contribution >= 4 is 23.2 Å². The van der Waals surface area contributed by atoms with Crippen LogP contribution >= 0.6 is 11.6 Å². The molecule has 0 radical (unpaired) electrons. The molecule has 0 saturated carbocycles. The standard InChI is InChI=1S/C15H18ClN3O/c1-10-12(11(2)19(3)18-10)8-9-15(20)17-14-7-5-4-6-13(14)16/h4-7H,8-9H2,1-3H3,(H,17,20). The number of carbonyl (C=O) groups is 1. The number of nitrogens with one attached hydrogen (secondary N) is 1. The number of anilines is 1. The van der Waals surface area contributed by atoms with Gasteiger partial charge in [0.05, 0.1) is 16.4 Å². The van der Waals surface area contributed by atoms with Crippen LogP contribution in [-0.2, 0) is 18.3 Å². The monoisotopic (exact) mass is 291 g/mol. The zero-order valence-corrected chi connectivity index (χ0v) is 12.7. The highest BCUT2D eigenvalue weighted by Gasteiger charge is 2.12. The van der Waals surface area contributed by atoms with Crippen molar-refractivity contribution < 1.29 is 4.79 Å². The number of benzene rings is 1. The van der Waals surface area contributed by atoms with Crippen molar-refractivity contribution in [1.29, 1.82) is 0 Å². The SMILES string of the molecule is Cc1nn(C)c(C)c1CCC(=O)Nc1ccccc1Cl. The predicted octanol–water partition coefficient (Wildman–Crippen LogP) is 3.26. The minimum atomic E-state index is -0.0410. The number of aromatic nitrogens is 2. The number of carbonyl (C=O) groups excluding carboxylic acids is 1. The fraction of sp³-hybridized carbons (Fsp3) is 0.333. The van der Waals surface area contributed by atoms with Crippen LogP contribution < -0.4 is 5.32 Å². The van der Waals surface area contributed by atoms with Gasteiger partial charge in [-0.15, -0.1) is 0 Å². The molecule has 1 N–H and O–H groups in total. The third kappa shape index (κ3) is 3.20. The number of nitrogens with zero attached hydrogens (tertiary/aromatic N) is 2. The van der Waals surface area contributed by atoms with Gasteiger partial charge in [-0.05, 0) is 38.0 Å². The highest BCUT2D eigenvalue weighted by molar-refractivity contribution is 6.33. The van der Waals surface area contributed by atoms with E-state index in [9.17, 15) is 4.79 Å². The second kappa shape index (κ2) is 6.09. The van der Waals surface area contributed by atoms with E-state index in [1.165, 1.54) is 0 Å². The quantitative estimate of drug-likeness (QED) is 0.940. The third-order valence-electron chi connectivity index (χ3n) is 3.41. The Hall–Kier alpha value is -1.81. The molecule has 0 atom stereocenters. The summed E-state index contributed by atoms with van der Waals surface area (Å²) < 4.78 is 1.84. The van der Waals surface area contributed by atoms with Crippen LogP contribution in [0.3, 0.4) is 0 Å². The maximum absolute atomic E-state index is 12.0. The number of amides is 1. The predicted molar refractivity (Wildman–Crippen MR) is 81.1 cm³/mol. The van der Waals surface area contributed by atoms with Gasteiger partial charge in [0.25, 0.3) is 0 Å². The lowest BCUT2D eigenvalue weighted by molar-refractivity contribution is -0.116. The summed E-state index contributed by atoms with van der Waals surface area (Å²) in [5, 5.41) is 7.73. The Morgan fingerprint density at radius 3 is 2.65 bits per heavy atom. The molecule has 106 valence electrons. The number of hydrogen-bond donors (Lipinski definition) is 1. The largest absolute Gasteiger partial charge is 0.325 e. The second-order valence-electron chi connectivity index (χ2n) is 4.80. The highest BCUT2D eigenvalue weighted by Crippen LogP contribution is 2.21. The fourth-order valence-corrected chi connectivity index (χ4v) is 2.38. The zero-order valence-electron chi connectivity index (χ0n) is 11.9. The minimum Gasteiger partial charge on any atom is -0.325 e. The van der Waals surface area contributed by atoms with Crippen molar-refractivity contribution in [2.45, 2.75) is 26.7 Å². The topological polar surface area (TPSA) is 46.9 Å². The van der Waals surface area contributed by atoms with Crippen molar-refractivity contribution in [3.05, 3.63) is 46.2 Å². The van der Waals surface area contributed by atoms with E-state index in [1.807, 2.05) is 37.7 Å². The Bertz CT molecular complexity index is 634. The van der Waals surface area contributed by atoms with E-state index >= 15 is 0 Å². The van der Waals surface area contributed by atoms with Crippen LogP contribution in [0.2, 0.25) is 5.02 Å². The molecule has 1 heterocycles. The second-order valence-corrected chi connectivity index (χ2v) is 5.21. The van der Waals surface area contributed by atoms with E-state index < -0.39 is 0 Å². The Morgan fingerprint density at radius 2 is 2.05 bits per heavy atom. The number of halogens is 1. The molecule has 2 rings (SSSR count). The van der Waals surface area contributed by atoms with Gasteiger partial charge in [-0.2, -0.15) is 5.10 Å². The van der Waals surface area contributed by atoms with Gasteiger partial charge in [-0.1, -0.05) is 23.7 Å². The van der Waals surface area contributed by atoms with Crippen molar-refractivity contribution in [2.24, 2.45) is 7.05 Å². The first-order valence-electron chi connectivity index (χ1n) is 6.52.